The Morgan fingerprint density at radius 2 is 2.25 bits per heavy atom. The number of halogens is 1. The van der Waals surface area contributed by atoms with Gasteiger partial charge in [-0.1, -0.05) is 12.1 Å². The van der Waals surface area contributed by atoms with Crippen molar-refractivity contribution in [2.45, 2.75) is 13.5 Å². The second-order valence-corrected chi connectivity index (χ2v) is 3.94. The number of hydrogen-bond acceptors (Lipinski definition) is 3. The van der Waals surface area contributed by atoms with Crippen LogP contribution >= 0.6 is 11.6 Å². The molecule has 0 saturated heterocycles. The smallest absolute Gasteiger partial charge is 0.262 e. The number of benzene rings is 1. The first-order chi connectivity index (χ1) is 7.65. The number of nitrogens with two attached hydrogens (primary N) is 1. The Labute approximate surface area is 97.7 Å². The maximum absolute atomic E-state index is 12.1. The summed E-state index contributed by atoms with van der Waals surface area (Å²) in [5.41, 5.74) is 6.89. The lowest BCUT2D eigenvalue weighted by molar-refractivity contribution is 0.674. The summed E-state index contributed by atoms with van der Waals surface area (Å²) in [5.74, 6) is 0. The van der Waals surface area contributed by atoms with Gasteiger partial charge in [0.05, 0.1) is 10.9 Å². The summed E-state index contributed by atoms with van der Waals surface area (Å²) < 4.78 is 1.39. The molecule has 0 atom stereocenters. The molecule has 0 fully saturated rings. The second kappa shape index (κ2) is 4.23. The van der Waals surface area contributed by atoms with Crippen molar-refractivity contribution < 1.29 is 0 Å². The average molecular weight is 238 g/mol. The zero-order chi connectivity index (χ0) is 11.7. The summed E-state index contributed by atoms with van der Waals surface area (Å²) >= 11 is 5.96. The lowest BCUT2D eigenvalue weighted by atomic mass is 10.1. The minimum absolute atomic E-state index is 0.135. The van der Waals surface area contributed by atoms with Gasteiger partial charge in [-0.25, -0.2) is 4.98 Å². The van der Waals surface area contributed by atoms with E-state index >= 15 is 0 Å². The fourth-order valence-corrected chi connectivity index (χ4v) is 1.93. The van der Waals surface area contributed by atoms with E-state index in [0.29, 0.717) is 24.0 Å². The van der Waals surface area contributed by atoms with Gasteiger partial charge in [0.25, 0.3) is 5.56 Å². The molecule has 0 spiro atoms. The Bertz CT molecular complexity index is 592. The van der Waals surface area contributed by atoms with Gasteiger partial charge in [0.2, 0.25) is 5.28 Å². The average Bonchev–Trinajstić information content (AvgIpc) is 2.26. The van der Waals surface area contributed by atoms with E-state index in [1.165, 1.54) is 4.57 Å². The highest BCUT2D eigenvalue weighted by Crippen LogP contribution is 2.15. The van der Waals surface area contributed by atoms with Crippen molar-refractivity contribution in [3.8, 4) is 0 Å². The standard InChI is InChI=1S/C11H12ClN3O/c1-7-3-2-4-8-9(7)14-11(12)15(6-5-13)10(8)16/h2-4H,5-6,13H2,1H3. The van der Waals surface area contributed by atoms with E-state index in [0.717, 1.165) is 5.56 Å². The molecule has 1 heterocycles. The first-order valence-corrected chi connectivity index (χ1v) is 5.38. The molecule has 0 aliphatic rings. The van der Waals surface area contributed by atoms with Gasteiger partial charge in [-0.05, 0) is 30.2 Å². The molecule has 5 heteroatoms. The van der Waals surface area contributed by atoms with E-state index in [1.807, 2.05) is 19.1 Å². The molecule has 0 saturated carbocycles. The van der Waals surface area contributed by atoms with E-state index in [1.54, 1.807) is 6.07 Å². The van der Waals surface area contributed by atoms with Crippen LogP contribution in [0.25, 0.3) is 10.9 Å². The molecule has 0 unspecified atom stereocenters. The Kier molecular flexibility index (Phi) is 2.94. The van der Waals surface area contributed by atoms with E-state index < -0.39 is 0 Å². The SMILES string of the molecule is Cc1cccc2c(=O)n(CCN)c(Cl)nc12. The summed E-state index contributed by atoms with van der Waals surface area (Å²) in [6, 6.07) is 5.49. The zero-order valence-electron chi connectivity index (χ0n) is 8.90. The van der Waals surface area contributed by atoms with E-state index in [9.17, 15) is 4.79 Å². The van der Waals surface area contributed by atoms with Crippen LogP contribution in [0.2, 0.25) is 5.28 Å². The molecule has 84 valence electrons. The predicted molar refractivity (Wildman–Crippen MR) is 64.8 cm³/mol. The third-order valence-electron chi connectivity index (χ3n) is 2.49. The van der Waals surface area contributed by atoms with Gasteiger partial charge in [0.1, 0.15) is 0 Å². The number of aryl methyl sites for hydroxylation is 1. The molecular formula is C11H12ClN3O. The van der Waals surface area contributed by atoms with Gasteiger partial charge in [-0.2, -0.15) is 0 Å². The minimum atomic E-state index is -0.135. The molecule has 0 amide bonds. The van der Waals surface area contributed by atoms with Crippen molar-refractivity contribution >= 4 is 22.5 Å². The fourth-order valence-electron chi connectivity index (χ4n) is 1.68. The maximum atomic E-state index is 12.1. The summed E-state index contributed by atoms with van der Waals surface area (Å²) in [6.45, 7) is 2.64. The van der Waals surface area contributed by atoms with Crippen LogP contribution in [0.3, 0.4) is 0 Å². The van der Waals surface area contributed by atoms with E-state index in [2.05, 4.69) is 4.98 Å². The second-order valence-electron chi connectivity index (χ2n) is 3.60. The highest BCUT2D eigenvalue weighted by atomic mass is 35.5. The highest BCUT2D eigenvalue weighted by Gasteiger charge is 2.09. The molecule has 1 aromatic carbocycles. The third kappa shape index (κ3) is 1.70. The van der Waals surface area contributed by atoms with Gasteiger partial charge >= 0.3 is 0 Å². The molecule has 0 bridgehead atoms. The van der Waals surface area contributed by atoms with Crippen molar-refractivity contribution in [2.75, 3.05) is 6.54 Å². The molecule has 4 nitrogen and oxygen atoms in total. The maximum Gasteiger partial charge on any atom is 0.262 e. The number of rotatable bonds is 2. The minimum Gasteiger partial charge on any atom is -0.329 e. The molecule has 2 N–H and O–H groups in total. The van der Waals surface area contributed by atoms with Crippen LogP contribution in [-0.4, -0.2) is 16.1 Å². The largest absolute Gasteiger partial charge is 0.329 e. The topological polar surface area (TPSA) is 60.9 Å². The van der Waals surface area contributed by atoms with Crippen LogP contribution < -0.4 is 11.3 Å². The summed E-state index contributed by atoms with van der Waals surface area (Å²) in [6.07, 6.45) is 0. The molecule has 1 aromatic heterocycles. The quantitative estimate of drug-likeness (QED) is 0.802. The Morgan fingerprint density at radius 1 is 1.50 bits per heavy atom. The number of hydrogen-bond donors (Lipinski definition) is 1. The number of para-hydroxylation sites is 1. The molecular weight excluding hydrogens is 226 g/mol. The van der Waals surface area contributed by atoms with Gasteiger partial charge in [0.15, 0.2) is 0 Å². The fraction of sp³-hybridized carbons (Fsp3) is 0.273. The lowest BCUT2D eigenvalue weighted by Gasteiger charge is -2.08. The molecule has 16 heavy (non-hydrogen) atoms. The summed E-state index contributed by atoms with van der Waals surface area (Å²) in [7, 11) is 0. The van der Waals surface area contributed by atoms with Crippen LogP contribution in [0, 0.1) is 6.92 Å². The van der Waals surface area contributed by atoms with Crippen LogP contribution in [0.15, 0.2) is 23.0 Å². The monoisotopic (exact) mass is 237 g/mol. The summed E-state index contributed by atoms with van der Waals surface area (Å²) in [5, 5.41) is 0.773. The van der Waals surface area contributed by atoms with Crippen molar-refractivity contribution in [1.82, 2.24) is 9.55 Å². The lowest BCUT2D eigenvalue weighted by Crippen LogP contribution is -2.25. The van der Waals surface area contributed by atoms with Crippen molar-refractivity contribution in [3.05, 3.63) is 39.4 Å². The Hall–Kier alpha value is -1.39. The van der Waals surface area contributed by atoms with Crippen molar-refractivity contribution in [1.29, 1.82) is 0 Å². The first kappa shape index (κ1) is 11.1. The molecule has 0 aliphatic carbocycles. The van der Waals surface area contributed by atoms with Crippen LogP contribution in [0.1, 0.15) is 5.56 Å². The number of aromatic nitrogens is 2. The molecule has 0 aliphatic heterocycles. The van der Waals surface area contributed by atoms with Gasteiger partial charge < -0.3 is 5.73 Å². The Morgan fingerprint density at radius 3 is 2.94 bits per heavy atom. The Balaban J connectivity index is 2.84. The van der Waals surface area contributed by atoms with Crippen LogP contribution in [0.5, 0.6) is 0 Å². The van der Waals surface area contributed by atoms with E-state index in [4.69, 9.17) is 17.3 Å². The third-order valence-corrected chi connectivity index (χ3v) is 2.78. The van der Waals surface area contributed by atoms with Crippen molar-refractivity contribution in [3.63, 3.8) is 0 Å². The predicted octanol–water partition coefficient (Wildman–Crippen LogP) is 1.32. The highest BCUT2D eigenvalue weighted by molar-refractivity contribution is 6.28. The first-order valence-electron chi connectivity index (χ1n) is 5.01. The van der Waals surface area contributed by atoms with Crippen LogP contribution in [0.4, 0.5) is 0 Å². The summed E-state index contributed by atoms with van der Waals surface area (Å²) in [4.78, 5) is 16.3. The number of nitrogens with zero attached hydrogens (tertiary/aromatic N) is 2. The molecule has 2 rings (SSSR count). The van der Waals surface area contributed by atoms with Gasteiger partial charge in [-0.15, -0.1) is 0 Å². The molecule has 0 radical (unpaired) electrons. The van der Waals surface area contributed by atoms with Gasteiger partial charge in [-0.3, -0.25) is 9.36 Å². The van der Waals surface area contributed by atoms with E-state index in [-0.39, 0.29) is 10.8 Å². The van der Waals surface area contributed by atoms with Crippen LogP contribution in [-0.2, 0) is 6.54 Å². The van der Waals surface area contributed by atoms with Gasteiger partial charge in [0, 0.05) is 13.1 Å². The number of fused-ring (bicyclic) bond motifs is 1. The molecule has 2 aromatic rings. The zero-order valence-corrected chi connectivity index (χ0v) is 9.66. The normalized spacial score (nSPS) is 10.9. The van der Waals surface area contributed by atoms with Crippen molar-refractivity contribution in [2.24, 2.45) is 5.73 Å².